The molecule has 0 aliphatic carbocycles. The predicted molar refractivity (Wildman–Crippen MR) is 122 cm³/mol. The second-order valence-electron chi connectivity index (χ2n) is 7.15. The Hall–Kier alpha value is -2.14. The molecule has 10 heteroatoms. The maximum atomic E-state index is 13.8. The molecule has 0 spiro atoms. The van der Waals surface area contributed by atoms with Crippen LogP contribution in [0.25, 0.3) is 0 Å². The zero-order chi connectivity index (χ0) is 21.8. The molecule has 2 aromatic rings. The third-order valence-electron chi connectivity index (χ3n) is 5.10. The Morgan fingerprint density at radius 2 is 2.19 bits per heavy atom. The number of carbonyl (C=O) groups excluding carboxylic acids is 1. The van der Waals surface area contributed by atoms with E-state index in [4.69, 9.17) is 9.73 Å². The number of amidine groups is 1. The first kappa shape index (κ1) is 22.1. The molecule has 3 heterocycles. The lowest BCUT2D eigenvalue weighted by atomic mass is 9.95. The highest BCUT2D eigenvalue weighted by Gasteiger charge is 2.34. The summed E-state index contributed by atoms with van der Waals surface area (Å²) < 4.78 is 19.7. The molecule has 2 N–H and O–H groups in total. The fourth-order valence-electron chi connectivity index (χ4n) is 3.66. The van der Waals surface area contributed by atoms with E-state index in [1.807, 2.05) is 5.38 Å². The monoisotopic (exact) mass is 507 g/mol. The summed E-state index contributed by atoms with van der Waals surface area (Å²) in [7, 11) is 0. The molecule has 1 saturated heterocycles. The molecule has 1 atom stereocenters. The summed E-state index contributed by atoms with van der Waals surface area (Å²) in [6, 6.07) is 3.76. The van der Waals surface area contributed by atoms with Crippen LogP contribution in [0.1, 0.15) is 23.5 Å². The van der Waals surface area contributed by atoms with Crippen molar-refractivity contribution in [2.45, 2.75) is 13.0 Å². The molecule has 2 aliphatic heterocycles. The number of carbonyl (C=O) groups is 1. The van der Waals surface area contributed by atoms with Crippen LogP contribution in [0.3, 0.4) is 0 Å². The van der Waals surface area contributed by atoms with Crippen LogP contribution in [0, 0.1) is 5.82 Å². The normalized spacial score (nSPS) is 19.7. The first-order valence-corrected chi connectivity index (χ1v) is 11.8. The summed E-state index contributed by atoms with van der Waals surface area (Å²) in [5.74, 6) is -0.200. The average molecular weight is 508 g/mol. The van der Waals surface area contributed by atoms with Crippen molar-refractivity contribution in [2.24, 2.45) is 4.99 Å². The number of nitrogens with one attached hydrogen (secondary N) is 2. The molecule has 164 valence electrons. The van der Waals surface area contributed by atoms with Gasteiger partial charge in [-0.25, -0.2) is 14.2 Å². The third-order valence-corrected chi connectivity index (χ3v) is 6.57. The summed E-state index contributed by atoms with van der Waals surface area (Å²) in [5.41, 5.74) is 1.87. The molecule has 0 amide bonds. The highest BCUT2D eigenvalue weighted by molar-refractivity contribution is 9.10. The lowest BCUT2D eigenvalue weighted by molar-refractivity contribution is -0.139. The number of benzene rings is 1. The minimum atomic E-state index is -0.646. The van der Waals surface area contributed by atoms with Crippen LogP contribution < -0.4 is 10.6 Å². The predicted octanol–water partition coefficient (Wildman–Crippen LogP) is 2.86. The van der Waals surface area contributed by atoms with Crippen LogP contribution in [-0.4, -0.2) is 61.0 Å². The highest BCUT2D eigenvalue weighted by atomic mass is 79.9. The van der Waals surface area contributed by atoms with Crippen molar-refractivity contribution in [1.29, 1.82) is 0 Å². The summed E-state index contributed by atoms with van der Waals surface area (Å²) in [4.78, 5) is 24.6. The Kier molecular flexibility index (Phi) is 7.11. The third kappa shape index (κ3) is 5.03. The van der Waals surface area contributed by atoms with Gasteiger partial charge in [-0.15, -0.1) is 11.3 Å². The molecule has 0 radical (unpaired) electrons. The fraction of sp³-hybridized carbons (Fsp3) is 0.381. The zero-order valence-corrected chi connectivity index (χ0v) is 19.4. The summed E-state index contributed by atoms with van der Waals surface area (Å²) in [6.45, 7) is 6.10. The number of rotatable bonds is 6. The zero-order valence-electron chi connectivity index (χ0n) is 17.0. The molecule has 1 aromatic carbocycles. The van der Waals surface area contributed by atoms with E-state index < -0.39 is 12.0 Å². The largest absolute Gasteiger partial charge is 0.463 e. The fourth-order valence-corrected chi connectivity index (χ4v) is 4.82. The van der Waals surface area contributed by atoms with Gasteiger partial charge < -0.3 is 15.4 Å². The van der Waals surface area contributed by atoms with Gasteiger partial charge in [-0.2, -0.15) is 0 Å². The second kappa shape index (κ2) is 9.99. The van der Waals surface area contributed by atoms with E-state index in [1.54, 1.807) is 19.2 Å². The number of nitrogens with zero attached hydrogens (tertiary/aromatic N) is 3. The van der Waals surface area contributed by atoms with E-state index in [0.29, 0.717) is 28.0 Å². The number of halogens is 2. The molecule has 2 aliphatic rings. The van der Waals surface area contributed by atoms with Crippen LogP contribution in [0.5, 0.6) is 0 Å². The van der Waals surface area contributed by atoms with Crippen molar-refractivity contribution < 1.29 is 13.9 Å². The smallest absolute Gasteiger partial charge is 0.338 e. The SMILES string of the molecule is CCOC(=O)C1=C(CN2CCNCC2)NC(c2nccs2)=NC1c1ccc(F)cc1Br. The first-order chi connectivity index (χ1) is 15.1. The minimum Gasteiger partial charge on any atom is -0.463 e. The lowest BCUT2D eigenvalue weighted by Crippen LogP contribution is -2.47. The molecule has 1 aromatic heterocycles. The van der Waals surface area contributed by atoms with E-state index in [-0.39, 0.29) is 12.4 Å². The Morgan fingerprint density at radius 1 is 1.39 bits per heavy atom. The van der Waals surface area contributed by atoms with Crippen molar-refractivity contribution in [1.82, 2.24) is 20.5 Å². The summed E-state index contributed by atoms with van der Waals surface area (Å²) >= 11 is 4.91. The minimum absolute atomic E-state index is 0.254. The number of aromatic nitrogens is 1. The van der Waals surface area contributed by atoms with Gasteiger partial charge in [0.25, 0.3) is 0 Å². The highest BCUT2D eigenvalue weighted by Crippen LogP contribution is 2.37. The summed E-state index contributed by atoms with van der Waals surface area (Å²) in [5, 5.41) is 9.29. The molecule has 1 unspecified atom stereocenters. The van der Waals surface area contributed by atoms with Crippen molar-refractivity contribution in [3.63, 3.8) is 0 Å². The van der Waals surface area contributed by atoms with Crippen molar-refractivity contribution in [2.75, 3.05) is 39.3 Å². The number of aliphatic imine (C=N–C) groups is 1. The standard InChI is InChI=1S/C21H23BrFN5O2S/c1-2-30-21(29)17-16(12-28-8-5-24-6-9-28)26-19(20-25-7-10-31-20)27-18(17)14-4-3-13(23)11-15(14)22/h3-4,7,10-11,18,24H,2,5-6,8-9,12H2,1H3,(H,26,27). The van der Waals surface area contributed by atoms with Gasteiger partial charge >= 0.3 is 5.97 Å². The van der Waals surface area contributed by atoms with E-state index in [0.717, 1.165) is 36.9 Å². The molecule has 0 bridgehead atoms. The quantitative estimate of drug-likeness (QED) is 0.585. The number of esters is 1. The van der Waals surface area contributed by atoms with E-state index in [1.165, 1.54) is 23.5 Å². The molecule has 1 fully saturated rings. The van der Waals surface area contributed by atoms with Crippen molar-refractivity contribution in [3.8, 4) is 0 Å². The number of thiazole rings is 1. The van der Waals surface area contributed by atoms with Gasteiger partial charge in [0.15, 0.2) is 10.8 Å². The topological polar surface area (TPSA) is 78.9 Å². The van der Waals surface area contributed by atoms with Gasteiger partial charge in [-0.05, 0) is 24.6 Å². The maximum Gasteiger partial charge on any atom is 0.338 e. The van der Waals surface area contributed by atoms with Crippen LogP contribution in [0.2, 0.25) is 0 Å². The Bertz CT molecular complexity index is 1010. The number of piperazine rings is 1. The number of hydrogen-bond acceptors (Lipinski definition) is 8. The molecule has 31 heavy (non-hydrogen) atoms. The van der Waals surface area contributed by atoms with Gasteiger partial charge in [0, 0.05) is 54.5 Å². The Balaban J connectivity index is 1.81. The Labute approximate surface area is 192 Å². The van der Waals surface area contributed by atoms with E-state index in [9.17, 15) is 9.18 Å². The molecule has 7 nitrogen and oxygen atoms in total. The second-order valence-corrected chi connectivity index (χ2v) is 8.90. The van der Waals surface area contributed by atoms with Crippen LogP contribution in [-0.2, 0) is 9.53 Å². The van der Waals surface area contributed by atoms with Crippen LogP contribution in [0.15, 0.2) is 50.5 Å². The van der Waals surface area contributed by atoms with Crippen molar-refractivity contribution >= 4 is 39.1 Å². The Morgan fingerprint density at radius 3 is 2.87 bits per heavy atom. The van der Waals surface area contributed by atoms with Crippen molar-refractivity contribution in [3.05, 3.63) is 61.9 Å². The number of hydrogen-bond donors (Lipinski definition) is 2. The van der Waals surface area contributed by atoms with Gasteiger partial charge in [-0.3, -0.25) is 9.89 Å². The maximum absolute atomic E-state index is 13.8. The van der Waals surface area contributed by atoms with Gasteiger partial charge in [-0.1, -0.05) is 22.0 Å². The summed E-state index contributed by atoms with van der Waals surface area (Å²) in [6.07, 6.45) is 1.72. The average Bonchev–Trinajstić information content (AvgIpc) is 3.29. The van der Waals surface area contributed by atoms with Gasteiger partial charge in [0.05, 0.1) is 12.2 Å². The number of ether oxygens (including phenoxy) is 1. The van der Waals surface area contributed by atoms with E-state index in [2.05, 4.69) is 36.4 Å². The molecular formula is C21H23BrFN5O2S. The van der Waals surface area contributed by atoms with Crippen LogP contribution >= 0.6 is 27.3 Å². The van der Waals surface area contributed by atoms with Crippen LogP contribution in [0.4, 0.5) is 4.39 Å². The first-order valence-electron chi connectivity index (χ1n) is 10.1. The molecule has 0 saturated carbocycles. The van der Waals surface area contributed by atoms with Gasteiger partial charge in [0.1, 0.15) is 11.9 Å². The molecule has 4 rings (SSSR count). The van der Waals surface area contributed by atoms with E-state index >= 15 is 0 Å². The molecular weight excluding hydrogens is 485 g/mol. The van der Waals surface area contributed by atoms with Gasteiger partial charge in [0.2, 0.25) is 0 Å². The lowest BCUT2D eigenvalue weighted by Gasteiger charge is -2.32.